The molecule has 1 unspecified atom stereocenters. The van der Waals surface area contributed by atoms with Crippen molar-refractivity contribution in [3.8, 4) is 10.4 Å². The summed E-state index contributed by atoms with van der Waals surface area (Å²) in [5.41, 5.74) is 2.29. The van der Waals surface area contributed by atoms with Crippen LogP contribution in [-0.2, 0) is 30.5 Å². The molecule has 1 saturated heterocycles. The monoisotopic (exact) mass is 613 g/mol. The van der Waals surface area contributed by atoms with E-state index in [1.807, 2.05) is 57.5 Å². The van der Waals surface area contributed by atoms with Gasteiger partial charge in [-0.1, -0.05) is 45.0 Å². The van der Waals surface area contributed by atoms with E-state index in [4.69, 9.17) is 4.74 Å². The number of ether oxygens (including phenoxy) is 1. The predicted molar refractivity (Wildman–Crippen MR) is 168 cm³/mol. The molecule has 43 heavy (non-hydrogen) atoms. The van der Waals surface area contributed by atoms with Crippen molar-refractivity contribution in [3.05, 3.63) is 41.0 Å². The van der Waals surface area contributed by atoms with E-state index < -0.39 is 34.5 Å². The first kappa shape index (κ1) is 34.2. The Labute approximate surface area is 259 Å². The van der Waals surface area contributed by atoms with Crippen molar-refractivity contribution < 1.29 is 23.9 Å². The van der Waals surface area contributed by atoms with Gasteiger partial charge in [-0.3, -0.25) is 19.2 Å². The first-order valence-corrected chi connectivity index (χ1v) is 15.6. The molecule has 0 spiro atoms. The quantitative estimate of drug-likeness (QED) is 0.352. The summed E-state index contributed by atoms with van der Waals surface area (Å²) in [6.07, 6.45) is 1.25. The second-order valence-corrected chi connectivity index (χ2v) is 14.4. The number of likely N-dealkylation sites (tertiary alicyclic amines) is 1. The van der Waals surface area contributed by atoms with E-state index in [1.165, 1.54) is 6.92 Å². The SMILES string of the molecule is CC(=O)NC(C)(C)COC(C)(C)C(=O)NC(C(=O)N1CCC[C@H]1C(=O)NCc1ccc(-c2scnc2C)cc1)C(C)(C)C. The fourth-order valence-corrected chi connectivity index (χ4v) is 5.83. The second-order valence-electron chi connectivity index (χ2n) is 13.5. The molecular weight excluding hydrogens is 566 g/mol. The fourth-order valence-electron chi connectivity index (χ4n) is 5.02. The van der Waals surface area contributed by atoms with Crippen molar-refractivity contribution in [1.82, 2.24) is 25.8 Å². The summed E-state index contributed by atoms with van der Waals surface area (Å²) in [6.45, 7) is 16.8. The normalized spacial score (nSPS) is 16.5. The van der Waals surface area contributed by atoms with Gasteiger partial charge in [0, 0.05) is 20.0 Å². The van der Waals surface area contributed by atoms with E-state index in [2.05, 4.69) is 20.9 Å². The van der Waals surface area contributed by atoms with Crippen LogP contribution in [0.1, 0.15) is 79.5 Å². The molecule has 10 nitrogen and oxygen atoms in total. The highest BCUT2D eigenvalue weighted by molar-refractivity contribution is 7.13. The number of aromatic nitrogens is 1. The van der Waals surface area contributed by atoms with Crippen molar-refractivity contribution in [2.24, 2.45) is 5.41 Å². The minimum absolute atomic E-state index is 0.100. The van der Waals surface area contributed by atoms with E-state index >= 15 is 0 Å². The zero-order chi connectivity index (χ0) is 32.2. The van der Waals surface area contributed by atoms with Gasteiger partial charge < -0.3 is 25.6 Å². The van der Waals surface area contributed by atoms with Gasteiger partial charge in [-0.2, -0.15) is 0 Å². The van der Waals surface area contributed by atoms with Gasteiger partial charge in [-0.05, 0) is 64.0 Å². The van der Waals surface area contributed by atoms with Crippen LogP contribution in [0.15, 0.2) is 29.8 Å². The standard InChI is InChI=1S/C32H47N5O5S/c1-20-25(43-19-34-20)23-14-12-22(13-15-23)17-33-27(39)24-11-10-16-37(24)28(40)26(30(3,4)5)35-29(41)32(8,9)42-18-31(6,7)36-21(2)38/h12-15,19,24,26H,10-11,16-18H2,1-9H3,(H,33,39)(H,35,41)(H,36,38)/t24-,26?/m0/s1. The Morgan fingerprint density at radius 1 is 1.07 bits per heavy atom. The summed E-state index contributed by atoms with van der Waals surface area (Å²) in [4.78, 5) is 59.1. The fraction of sp³-hybridized carbons (Fsp3) is 0.594. The summed E-state index contributed by atoms with van der Waals surface area (Å²) < 4.78 is 5.92. The van der Waals surface area contributed by atoms with Crippen LogP contribution in [0.25, 0.3) is 10.4 Å². The predicted octanol–water partition coefficient (Wildman–Crippen LogP) is 3.97. The number of hydrogen-bond acceptors (Lipinski definition) is 7. The molecule has 2 heterocycles. The lowest BCUT2D eigenvalue weighted by atomic mass is 9.85. The number of amides is 4. The van der Waals surface area contributed by atoms with Crippen LogP contribution in [0.3, 0.4) is 0 Å². The Kier molecular flexibility index (Phi) is 10.8. The van der Waals surface area contributed by atoms with Crippen LogP contribution >= 0.6 is 11.3 Å². The second kappa shape index (κ2) is 13.5. The van der Waals surface area contributed by atoms with Crippen molar-refractivity contribution in [3.63, 3.8) is 0 Å². The van der Waals surface area contributed by atoms with E-state index in [0.29, 0.717) is 25.9 Å². The smallest absolute Gasteiger partial charge is 0.252 e. The minimum Gasteiger partial charge on any atom is -0.363 e. The summed E-state index contributed by atoms with van der Waals surface area (Å²) in [7, 11) is 0. The van der Waals surface area contributed by atoms with Crippen molar-refractivity contribution in [1.29, 1.82) is 0 Å². The lowest BCUT2D eigenvalue weighted by molar-refractivity contribution is -0.152. The van der Waals surface area contributed by atoms with E-state index in [-0.39, 0.29) is 24.3 Å². The minimum atomic E-state index is -1.27. The van der Waals surface area contributed by atoms with E-state index in [0.717, 1.165) is 21.7 Å². The molecule has 1 fully saturated rings. The molecule has 1 aromatic heterocycles. The number of carbonyl (C=O) groups is 4. The van der Waals surface area contributed by atoms with Crippen molar-refractivity contribution in [2.75, 3.05) is 13.2 Å². The molecule has 0 aliphatic carbocycles. The van der Waals surface area contributed by atoms with Crippen LogP contribution in [0.5, 0.6) is 0 Å². The summed E-state index contributed by atoms with van der Waals surface area (Å²) >= 11 is 1.59. The third-order valence-corrected chi connectivity index (χ3v) is 8.49. The van der Waals surface area contributed by atoms with Gasteiger partial charge >= 0.3 is 0 Å². The Morgan fingerprint density at radius 3 is 2.28 bits per heavy atom. The molecule has 2 aromatic rings. The van der Waals surface area contributed by atoms with E-state index in [1.54, 1.807) is 43.9 Å². The van der Waals surface area contributed by atoms with Crippen molar-refractivity contribution in [2.45, 2.75) is 105 Å². The maximum atomic E-state index is 13.9. The topological polar surface area (TPSA) is 130 Å². The van der Waals surface area contributed by atoms with Crippen molar-refractivity contribution >= 4 is 35.0 Å². The lowest BCUT2D eigenvalue weighted by Crippen LogP contribution is -2.61. The van der Waals surface area contributed by atoms with Crippen LogP contribution in [0, 0.1) is 12.3 Å². The Morgan fingerprint density at radius 2 is 1.72 bits per heavy atom. The maximum absolute atomic E-state index is 13.9. The highest BCUT2D eigenvalue weighted by Crippen LogP contribution is 2.28. The van der Waals surface area contributed by atoms with Crippen LogP contribution < -0.4 is 16.0 Å². The third-order valence-electron chi connectivity index (χ3n) is 7.51. The number of nitrogens with one attached hydrogen (secondary N) is 3. The van der Waals surface area contributed by atoms with Gasteiger partial charge in [0.05, 0.1) is 28.2 Å². The molecule has 11 heteroatoms. The average molecular weight is 614 g/mol. The van der Waals surface area contributed by atoms with Gasteiger partial charge in [0.25, 0.3) is 5.91 Å². The summed E-state index contributed by atoms with van der Waals surface area (Å²) in [5.74, 6) is -1.15. The Hall–Kier alpha value is -3.31. The van der Waals surface area contributed by atoms with Gasteiger partial charge in [0.1, 0.15) is 17.7 Å². The number of aryl methyl sites for hydroxylation is 1. The van der Waals surface area contributed by atoms with Gasteiger partial charge in [-0.25, -0.2) is 4.98 Å². The number of nitrogens with zero attached hydrogens (tertiary/aromatic N) is 2. The zero-order valence-corrected chi connectivity index (χ0v) is 27.7. The molecule has 1 aliphatic rings. The number of thiazole rings is 1. The number of benzene rings is 1. The van der Waals surface area contributed by atoms with E-state index in [9.17, 15) is 19.2 Å². The molecule has 2 atom stereocenters. The Bertz CT molecular complexity index is 1310. The number of rotatable bonds is 11. The van der Waals surface area contributed by atoms with Crippen LogP contribution in [0.2, 0.25) is 0 Å². The highest BCUT2D eigenvalue weighted by atomic mass is 32.1. The van der Waals surface area contributed by atoms with Gasteiger partial charge in [0.2, 0.25) is 17.7 Å². The summed E-state index contributed by atoms with van der Waals surface area (Å²) in [5, 5.41) is 8.71. The zero-order valence-electron chi connectivity index (χ0n) is 26.9. The molecule has 0 saturated carbocycles. The first-order valence-electron chi connectivity index (χ1n) is 14.7. The number of hydrogen-bond donors (Lipinski definition) is 3. The molecular formula is C32H47N5O5S. The number of carbonyl (C=O) groups excluding carboxylic acids is 4. The lowest BCUT2D eigenvalue weighted by Gasteiger charge is -2.38. The third kappa shape index (κ3) is 9.09. The van der Waals surface area contributed by atoms with Crippen LogP contribution in [0.4, 0.5) is 0 Å². The highest BCUT2D eigenvalue weighted by Gasteiger charge is 2.44. The average Bonchev–Trinajstić information content (AvgIpc) is 3.57. The first-order chi connectivity index (χ1) is 19.9. The molecule has 1 aliphatic heterocycles. The van der Waals surface area contributed by atoms with Crippen LogP contribution in [-0.4, -0.2) is 69.9 Å². The molecule has 4 amide bonds. The molecule has 0 bridgehead atoms. The molecule has 236 valence electrons. The molecule has 1 aromatic carbocycles. The molecule has 3 N–H and O–H groups in total. The maximum Gasteiger partial charge on any atom is 0.252 e. The Balaban J connectivity index is 1.64. The summed E-state index contributed by atoms with van der Waals surface area (Å²) in [6, 6.07) is 6.53. The molecule has 3 rings (SSSR count). The largest absolute Gasteiger partial charge is 0.363 e. The van der Waals surface area contributed by atoms with Gasteiger partial charge in [-0.15, -0.1) is 11.3 Å². The van der Waals surface area contributed by atoms with Gasteiger partial charge in [0.15, 0.2) is 0 Å². The molecule has 0 radical (unpaired) electrons.